The molecule has 228 valence electrons. The van der Waals surface area contributed by atoms with Gasteiger partial charge in [0.1, 0.15) is 5.69 Å². The number of fused-ring (bicyclic) bond motifs is 1. The second-order valence-corrected chi connectivity index (χ2v) is 10.2. The molecule has 0 aliphatic rings. The van der Waals surface area contributed by atoms with Crippen LogP contribution in [-0.4, -0.2) is 43.3 Å². The van der Waals surface area contributed by atoms with Gasteiger partial charge in [-0.1, -0.05) is 42.0 Å². The molecule has 2 N–H and O–H groups in total. The van der Waals surface area contributed by atoms with Crippen LogP contribution in [0.25, 0.3) is 22.0 Å². The van der Waals surface area contributed by atoms with Crippen LogP contribution in [0.1, 0.15) is 44.5 Å². The Bertz CT molecular complexity index is 1940. The number of ether oxygens (including phenoxy) is 4. The maximum Gasteiger partial charge on any atom is 0.343 e. The number of hydrogen-bond acceptors (Lipinski definition) is 8. The molecule has 5 aromatic rings. The van der Waals surface area contributed by atoms with E-state index in [1.165, 1.54) is 45.6 Å². The molecule has 5 rings (SSSR count). The van der Waals surface area contributed by atoms with E-state index in [2.05, 4.69) is 27.6 Å². The van der Waals surface area contributed by atoms with Crippen molar-refractivity contribution in [3.63, 3.8) is 0 Å². The van der Waals surface area contributed by atoms with Crippen molar-refractivity contribution >= 4 is 35.0 Å². The third-order valence-electron chi connectivity index (χ3n) is 6.96. The number of H-pyrrole nitrogens is 1. The minimum atomic E-state index is -0.673. The number of aromatic amines is 1. The zero-order chi connectivity index (χ0) is 32.1. The van der Waals surface area contributed by atoms with E-state index in [1.54, 1.807) is 18.2 Å². The summed E-state index contributed by atoms with van der Waals surface area (Å²) in [7, 11) is 2.84. The summed E-state index contributed by atoms with van der Waals surface area (Å²) in [6.45, 7) is 5.30. The lowest BCUT2D eigenvalue weighted by Gasteiger charge is -2.12. The van der Waals surface area contributed by atoms with Gasteiger partial charge < -0.3 is 23.9 Å². The average molecular weight is 606 g/mol. The molecule has 0 atom stereocenters. The average Bonchev–Trinajstić information content (AvgIpc) is 3.41. The summed E-state index contributed by atoms with van der Waals surface area (Å²) in [5.74, 6) is -0.761. The molecule has 1 aromatic heterocycles. The molecule has 0 aliphatic carbocycles. The summed E-state index contributed by atoms with van der Waals surface area (Å²) in [5, 5.41) is 5.13. The number of benzene rings is 4. The van der Waals surface area contributed by atoms with Crippen molar-refractivity contribution in [2.75, 3.05) is 14.2 Å². The Kier molecular flexibility index (Phi) is 8.94. The quantitative estimate of drug-likeness (QED) is 0.0864. The van der Waals surface area contributed by atoms with Gasteiger partial charge in [0, 0.05) is 23.4 Å². The van der Waals surface area contributed by atoms with Crippen molar-refractivity contribution in [2.45, 2.75) is 20.8 Å². The van der Waals surface area contributed by atoms with Gasteiger partial charge in [-0.15, -0.1) is 0 Å². The highest BCUT2D eigenvalue weighted by Crippen LogP contribution is 2.35. The van der Waals surface area contributed by atoms with Gasteiger partial charge in [-0.05, 0) is 73.0 Å². The summed E-state index contributed by atoms with van der Waals surface area (Å²) < 4.78 is 21.3. The van der Waals surface area contributed by atoms with E-state index in [-0.39, 0.29) is 28.6 Å². The monoisotopic (exact) mass is 605 g/mol. The Balaban J connectivity index is 1.33. The molecule has 45 heavy (non-hydrogen) atoms. The van der Waals surface area contributed by atoms with Crippen molar-refractivity contribution in [2.24, 2.45) is 5.10 Å². The normalized spacial score (nSPS) is 11.0. The molecule has 1 amide bonds. The summed E-state index contributed by atoms with van der Waals surface area (Å²) in [6.07, 6.45) is 1.46. The van der Waals surface area contributed by atoms with E-state index in [9.17, 15) is 14.4 Å². The van der Waals surface area contributed by atoms with Crippen LogP contribution in [0.4, 0.5) is 0 Å². The zero-order valence-corrected chi connectivity index (χ0v) is 25.4. The number of amides is 1. The van der Waals surface area contributed by atoms with Crippen LogP contribution >= 0.6 is 0 Å². The lowest BCUT2D eigenvalue weighted by Crippen LogP contribution is -2.18. The van der Waals surface area contributed by atoms with Gasteiger partial charge in [0.25, 0.3) is 5.91 Å². The molecule has 4 aromatic carbocycles. The van der Waals surface area contributed by atoms with Gasteiger partial charge in [-0.25, -0.2) is 10.2 Å². The first kappa shape index (κ1) is 30.6. The van der Waals surface area contributed by atoms with Gasteiger partial charge in [0.2, 0.25) is 0 Å². The number of aromatic nitrogens is 1. The molecule has 0 fully saturated rings. The standard InChI is InChI=1S/C35H31N3O7/c1-20-15-21(2)32-26(16-20)31(24-9-7-6-8-10-24)33(37-32)34(40)38-36-19-23-11-13-28(29(17-23)42-4)45-35(41)25-12-14-27(44-22(3)39)30(18-25)43-5/h6-19,37H,1-5H3,(H,38,40). The molecule has 10 nitrogen and oxygen atoms in total. The van der Waals surface area contributed by atoms with Crippen molar-refractivity contribution in [3.05, 3.63) is 107 Å². The second kappa shape index (κ2) is 13.2. The van der Waals surface area contributed by atoms with E-state index < -0.39 is 17.8 Å². The Morgan fingerprint density at radius 3 is 2.20 bits per heavy atom. The number of hydrazone groups is 1. The summed E-state index contributed by atoms with van der Waals surface area (Å²) in [4.78, 5) is 40.9. The predicted octanol–water partition coefficient (Wildman–Crippen LogP) is 6.38. The van der Waals surface area contributed by atoms with Crippen LogP contribution in [0.3, 0.4) is 0 Å². The predicted molar refractivity (Wildman–Crippen MR) is 171 cm³/mol. The number of hydrogen-bond donors (Lipinski definition) is 2. The molecule has 0 bridgehead atoms. The molecule has 0 spiro atoms. The van der Waals surface area contributed by atoms with Crippen molar-refractivity contribution < 1.29 is 33.3 Å². The van der Waals surface area contributed by atoms with E-state index in [4.69, 9.17) is 18.9 Å². The third kappa shape index (κ3) is 6.70. The Labute approximate surface area is 259 Å². The second-order valence-electron chi connectivity index (χ2n) is 10.2. The third-order valence-corrected chi connectivity index (χ3v) is 6.96. The number of methoxy groups -OCH3 is 2. The molecule has 1 heterocycles. The van der Waals surface area contributed by atoms with Gasteiger partial charge in [-0.3, -0.25) is 9.59 Å². The molecule has 0 saturated heterocycles. The molecule has 10 heteroatoms. The highest BCUT2D eigenvalue weighted by molar-refractivity contribution is 6.10. The van der Waals surface area contributed by atoms with E-state index in [0.29, 0.717) is 11.3 Å². The fourth-order valence-corrected chi connectivity index (χ4v) is 4.99. The first-order chi connectivity index (χ1) is 21.7. The minimum absolute atomic E-state index is 0.169. The molecule has 0 radical (unpaired) electrons. The Morgan fingerprint density at radius 1 is 0.800 bits per heavy atom. The maximum atomic E-state index is 13.4. The molecule has 0 saturated carbocycles. The van der Waals surface area contributed by atoms with Crippen LogP contribution in [0, 0.1) is 13.8 Å². The van der Waals surface area contributed by atoms with Crippen molar-refractivity contribution in [1.82, 2.24) is 10.4 Å². The zero-order valence-electron chi connectivity index (χ0n) is 25.4. The summed E-state index contributed by atoms with van der Waals surface area (Å²) in [5.41, 5.74) is 8.53. The van der Waals surface area contributed by atoms with Crippen molar-refractivity contribution in [3.8, 4) is 34.1 Å². The number of esters is 2. The highest BCUT2D eigenvalue weighted by Gasteiger charge is 2.21. The van der Waals surface area contributed by atoms with Crippen LogP contribution in [-0.2, 0) is 4.79 Å². The van der Waals surface area contributed by atoms with Crippen LogP contribution in [0.15, 0.2) is 84.0 Å². The first-order valence-electron chi connectivity index (χ1n) is 14.0. The van der Waals surface area contributed by atoms with Gasteiger partial charge in [0.15, 0.2) is 23.0 Å². The number of aryl methyl sites for hydroxylation is 2. The Hall–Kier alpha value is -5.90. The fraction of sp³-hybridized carbons (Fsp3) is 0.143. The summed E-state index contributed by atoms with van der Waals surface area (Å²) in [6, 6.07) is 23.0. The number of nitrogens with one attached hydrogen (secondary N) is 2. The van der Waals surface area contributed by atoms with E-state index in [0.717, 1.165) is 33.2 Å². The SMILES string of the molecule is COc1cc(C(=O)Oc2ccc(C=NNC(=O)c3[nH]c4c(C)cc(C)cc4c3-c3ccccc3)cc2OC)ccc1OC(C)=O. The highest BCUT2D eigenvalue weighted by atomic mass is 16.6. The van der Waals surface area contributed by atoms with Crippen LogP contribution < -0.4 is 24.4 Å². The van der Waals surface area contributed by atoms with E-state index >= 15 is 0 Å². The first-order valence-corrected chi connectivity index (χ1v) is 14.0. The molecule has 0 unspecified atom stereocenters. The number of rotatable bonds is 9. The van der Waals surface area contributed by atoms with E-state index in [1.807, 2.05) is 44.2 Å². The number of carbonyl (C=O) groups is 3. The molecular weight excluding hydrogens is 574 g/mol. The van der Waals surface area contributed by atoms with Gasteiger partial charge in [0.05, 0.1) is 26.0 Å². The molecule has 0 aliphatic heterocycles. The van der Waals surface area contributed by atoms with Gasteiger partial charge >= 0.3 is 11.9 Å². The number of carbonyl (C=O) groups excluding carboxylic acids is 3. The maximum absolute atomic E-state index is 13.4. The minimum Gasteiger partial charge on any atom is -0.493 e. The lowest BCUT2D eigenvalue weighted by atomic mass is 9.99. The fourth-order valence-electron chi connectivity index (χ4n) is 4.99. The number of nitrogens with zero attached hydrogens (tertiary/aromatic N) is 1. The summed E-state index contributed by atoms with van der Waals surface area (Å²) >= 11 is 0. The lowest BCUT2D eigenvalue weighted by molar-refractivity contribution is -0.132. The molecular formula is C35H31N3O7. The van der Waals surface area contributed by atoms with Crippen LogP contribution in [0.2, 0.25) is 0 Å². The van der Waals surface area contributed by atoms with Gasteiger partial charge in [-0.2, -0.15) is 5.10 Å². The Morgan fingerprint density at radius 2 is 1.49 bits per heavy atom. The largest absolute Gasteiger partial charge is 0.493 e. The smallest absolute Gasteiger partial charge is 0.343 e. The van der Waals surface area contributed by atoms with Crippen molar-refractivity contribution in [1.29, 1.82) is 0 Å². The van der Waals surface area contributed by atoms with Crippen LogP contribution in [0.5, 0.6) is 23.0 Å². The topological polar surface area (TPSA) is 128 Å².